The Labute approximate surface area is 864 Å². The first-order chi connectivity index (χ1) is 64.8. The number of methoxy groups -OCH3 is 3. The largest absolute Gasteiger partial charge is 0.519 e. The number of carboxylic acids is 1. The summed E-state index contributed by atoms with van der Waals surface area (Å²) < 4.78 is 139. The van der Waals surface area contributed by atoms with Gasteiger partial charge in [-0.2, -0.15) is 36.5 Å². The number of carboxylic acid groups (broad SMARTS) is 1. The van der Waals surface area contributed by atoms with Gasteiger partial charge < -0.3 is 80.6 Å². The number of ketones is 2. The molecule has 3 amide bonds. The molecule has 772 valence electrons. The summed E-state index contributed by atoms with van der Waals surface area (Å²) in [4.78, 5) is 117. The van der Waals surface area contributed by atoms with Gasteiger partial charge in [-0.25, -0.2) is 67.0 Å². The zero-order valence-corrected chi connectivity index (χ0v) is 87.7. The number of aliphatic hydroxyl groups is 2. The van der Waals surface area contributed by atoms with Gasteiger partial charge in [-0.05, 0) is 300 Å². The van der Waals surface area contributed by atoms with Gasteiger partial charge in [0.25, 0.3) is 5.91 Å². The van der Waals surface area contributed by atoms with Crippen molar-refractivity contribution in [3.8, 4) is 11.4 Å². The van der Waals surface area contributed by atoms with Crippen LogP contribution in [0.5, 0.6) is 0 Å². The van der Waals surface area contributed by atoms with Crippen molar-refractivity contribution in [1.82, 2.24) is 70.4 Å². The highest BCUT2D eigenvalue weighted by molar-refractivity contribution is 9.11. The topological polar surface area (TPSA) is 485 Å². The third kappa shape index (κ3) is 49.3. The van der Waals surface area contributed by atoms with Crippen molar-refractivity contribution in [3.63, 3.8) is 0 Å². The van der Waals surface area contributed by atoms with E-state index in [0.717, 1.165) is 37.0 Å². The SMILES string of the molecule is C.CC(C)(C)OC(=O)N[C@@H](CO)c1ccnc(Br)c1.CC(C)(C)OC(=O)OC(=O)OC(C)(C)C.COC[C@H](N)c1ccnc(Br)c1.COC[C@H](NC(=O)OC(C)(C)C)c1ccnc(Br)c1.COC[C@H](NC(=O)c1cncc2c1cnn2-c1ccc(F)cc1)c1ccnc(Br)c1.Cl.ClCCl.N[C@@H](CO)c1ccnc(Br)c1.O=C(C(=O)C(F)(F)F)C(F)(F)F.O=C(O)c1cncc2c1cnn2-c1ccc(F)cc1. The number of hydrogen-bond acceptors (Lipinski definition) is 29. The summed E-state index contributed by atoms with van der Waals surface area (Å²) in [5, 5.41) is 45.3. The molecule has 0 aliphatic heterocycles. The maximum atomic E-state index is 13.2. The van der Waals surface area contributed by atoms with E-state index in [1.807, 2.05) is 57.2 Å². The second-order valence-electron chi connectivity index (χ2n) is 31.8. The average molecular weight is 2370 g/mol. The molecule has 11 rings (SSSR count). The van der Waals surface area contributed by atoms with Gasteiger partial charge in [-0.15, -0.1) is 35.6 Å². The predicted octanol–water partition coefficient (Wildman–Crippen LogP) is 20.5. The molecular formula is C90H106Br5Cl3F8N16O19. The van der Waals surface area contributed by atoms with Crippen molar-refractivity contribution in [3.05, 3.63) is 251 Å². The van der Waals surface area contributed by atoms with Gasteiger partial charge in [0.2, 0.25) is 0 Å². The average Bonchev–Trinajstić information content (AvgIpc) is 1.65. The number of nitrogens with one attached hydrogen (secondary N) is 3. The molecule has 11 aromatic rings. The van der Waals surface area contributed by atoms with Gasteiger partial charge in [-0.1, -0.05) is 7.43 Å². The number of nitrogens with two attached hydrogens (primary N) is 2. The standard InChI is InChI=1S/C21H17BrFN5O2.C13H19BrN2O3.C13H8FN3O2.C12H17BrN2O3.C10H18O5.C8H11BrN2O.C7H9BrN2O.C4F6O2.CH2Cl2.CH4.ClH/c1-30-12-18(13-6-7-25-20(22)8-13)27-21(29)17-9-24-11-19-16(17)10-26-28(19)15-4-2-14(23)3-5-15;1-13(2,3)19-12(17)16-10(8-18-4)9-5-6-15-11(14)7-9;14-8-1-3-9(4-2-8)17-12-7-15-5-11(13(18)19)10(12)6-16-17;1-12(2,3)18-11(17)15-9(7-16)8-4-5-14-10(13)6-8;1-9(2,3)14-7(11)13-8(12)15-10(4,5)6;1-12-5-7(10)6-2-3-11-8(9)4-6;8-7-3-5(1-2-10-7)6(9)4-11;5-3(6,7)1(11)2(12)4(8,9)10;2-1-3;;/h2-11,18H,12H2,1H3,(H,27,29);5-7,10H,8H2,1-4H3,(H,16,17);1-7H,(H,18,19);4-6,9,16H,7H2,1-3H3,(H,15,17);1-6H3;2-4,7H,5,10H2,1H3;1-3,6,11H,4,9H2;;1H2;1H4;1H/t18-;10-;;9-;;7-;6-;;;;/m00.0.00..../s1. The Balaban J connectivity index is 0.000000818. The molecule has 35 nitrogen and oxygen atoms in total. The third-order valence-electron chi connectivity index (χ3n) is 16.2. The Bertz CT molecular complexity index is 5730. The molecule has 0 radical (unpaired) electrons. The predicted molar refractivity (Wildman–Crippen MR) is 529 cm³/mol. The Morgan fingerprint density at radius 2 is 0.723 bits per heavy atom. The van der Waals surface area contributed by atoms with Crippen molar-refractivity contribution >= 4 is 185 Å². The monoisotopic (exact) mass is 2370 g/mol. The second kappa shape index (κ2) is 62.1. The number of amides is 3. The lowest BCUT2D eigenvalue weighted by atomic mass is 10.1. The molecule has 141 heavy (non-hydrogen) atoms. The van der Waals surface area contributed by atoms with Crippen molar-refractivity contribution in [1.29, 1.82) is 0 Å². The second-order valence-corrected chi connectivity index (χ2v) is 36.7. The number of benzene rings is 2. The number of fused-ring (bicyclic) bond motifs is 2. The van der Waals surface area contributed by atoms with Crippen LogP contribution >= 0.6 is 115 Å². The number of halogens is 16. The molecule has 9 heterocycles. The highest BCUT2D eigenvalue weighted by atomic mass is 79.9. The molecule has 0 aliphatic carbocycles. The van der Waals surface area contributed by atoms with Crippen LogP contribution in [0, 0.1) is 11.6 Å². The Morgan fingerprint density at radius 3 is 1.03 bits per heavy atom. The highest BCUT2D eigenvalue weighted by Gasteiger charge is 2.54. The molecule has 2 aromatic carbocycles. The normalized spacial score (nSPS) is 12.0. The van der Waals surface area contributed by atoms with Crippen LogP contribution in [0.3, 0.4) is 0 Å². The molecule has 0 spiro atoms. The lowest BCUT2D eigenvalue weighted by Crippen LogP contribution is -2.39. The van der Waals surface area contributed by atoms with Gasteiger partial charge in [0.15, 0.2) is 0 Å². The summed E-state index contributed by atoms with van der Waals surface area (Å²) in [6.07, 6.45) is 2.58. The summed E-state index contributed by atoms with van der Waals surface area (Å²) >= 11 is 25.9. The van der Waals surface area contributed by atoms with Crippen molar-refractivity contribution in [2.75, 3.05) is 59.7 Å². The maximum Gasteiger partial charge on any atom is 0.519 e. The molecule has 10 N–H and O–H groups in total. The van der Waals surface area contributed by atoms with Crippen LogP contribution in [0.2, 0.25) is 0 Å². The molecule has 0 saturated carbocycles. The number of Topliss-reactive ketones (excluding diaryl/α,β-unsaturated/α-hetero) is 2. The van der Waals surface area contributed by atoms with Crippen LogP contribution in [-0.2, 0) is 47.5 Å². The van der Waals surface area contributed by atoms with Crippen LogP contribution in [0.1, 0.15) is 169 Å². The number of ether oxygens (including phenoxy) is 8. The first kappa shape index (κ1) is 128. The number of carbonyl (C=O) groups is 8. The fourth-order valence-electron chi connectivity index (χ4n) is 10.4. The number of carbonyl (C=O) groups excluding carboxylic acids is 7. The molecular weight excluding hydrogens is 2270 g/mol. The van der Waals surface area contributed by atoms with Crippen LogP contribution in [0.4, 0.5) is 54.3 Å². The van der Waals surface area contributed by atoms with E-state index in [9.17, 15) is 78.6 Å². The molecule has 0 fully saturated rings. The van der Waals surface area contributed by atoms with E-state index in [1.165, 1.54) is 53.7 Å². The number of alkyl carbamates (subject to hydrolysis) is 2. The number of alkyl halides is 8. The van der Waals surface area contributed by atoms with E-state index >= 15 is 0 Å². The third-order valence-corrected chi connectivity index (χ3v) is 18.3. The van der Waals surface area contributed by atoms with Crippen LogP contribution in [-0.4, -0.2) is 212 Å². The number of hydrogen-bond donors (Lipinski definition) is 8. The summed E-state index contributed by atoms with van der Waals surface area (Å²) in [6.45, 7) is 21.7. The molecule has 51 heteroatoms. The number of aliphatic hydroxyl groups excluding tert-OH is 2. The fourth-order valence-corrected chi connectivity index (χ4v) is 12.3. The number of nitrogens with zero attached hydrogens (tertiary/aromatic N) is 11. The molecule has 0 bridgehead atoms. The molecule has 0 unspecified atom stereocenters. The van der Waals surface area contributed by atoms with Crippen molar-refractivity contribution < 1.29 is 127 Å². The minimum Gasteiger partial charge on any atom is -0.478 e. The summed E-state index contributed by atoms with van der Waals surface area (Å²) in [6, 6.07) is 28.3. The van der Waals surface area contributed by atoms with E-state index in [0.29, 0.717) is 72.4 Å². The number of aromatic nitrogens is 11. The first-order valence-corrected chi connectivity index (χ1v) is 45.3. The quantitative estimate of drug-likeness (QED) is 0.00630. The maximum absolute atomic E-state index is 13.2. The fraction of sp³-hybridized carbons (Fsp3) is 0.367. The van der Waals surface area contributed by atoms with Crippen molar-refractivity contribution in [2.24, 2.45) is 11.5 Å². The molecule has 0 aliphatic rings. The van der Waals surface area contributed by atoms with E-state index in [2.05, 4.69) is 145 Å². The minimum absolute atomic E-state index is 0. The first-order valence-electron chi connectivity index (χ1n) is 40.3. The van der Waals surface area contributed by atoms with E-state index < -0.39 is 82.8 Å². The van der Waals surface area contributed by atoms with E-state index in [1.54, 1.807) is 180 Å². The van der Waals surface area contributed by atoms with Gasteiger partial charge in [-0.3, -0.25) is 24.4 Å². The van der Waals surface area contributed by atoms with Crippen LogP contribution in [0.15, 0.2) is 200 Å². The Morgan fingerprint density at radius 1 is 0.426 bits per heavy atom. The lowest BCUT2D eigenvalue weighted by Gasteiger charge is -2.23. The van der Waals surface area contributed by atoms with Gasteiger partial charge in [0, 0.05) is 75.5 Å². The number of aromatic carboxylic acids is 1. The molecule has 9 aromatic heterocycles. The van der Waals surface area contributed by atoms with Crippen molar-refractivity contribution in [2.45, 2.75) is 155 Å². The Kier molecular flexibility index (Phi) is 56.5. The summed E-state index contributed by atoms with van der Waals surface area (Å²) in [5.74, 6) is -8.85. The zero-order valence-electron chi connectivity index (χ0n) is 77.4. The van der Waals surface area contributed by atoms with Crippen LogP contribution in [0.25, 0.3) is 33.2 Å². The summed E-state index contributed by atoms with van der Waals surface area (Å²) in [5.41, 5.74) is 16.3. The van der Waals surface area contributed by atoms with E-state index in [-0.39, 0.29) is 85.7 Å². The zero-order chi connectivity index (χ0) is 105. The number of pyridine rings is 7. The highest BCUT2D eigenvalue weighted by Crippen LogP contribution is 2.29. The van der Waals surface area contributed by atoms with E-state index in [4.69, 9.17) is 78.0 Å². The number of rotatable bonds is 21. The molecule has 5 atom stereocenters. The van der Waals surface area contributed by atoms with Gasteiger partial charge in [0.1, 0.15) is 57.1 Å². The van der Waals surface area contributed by atoms with Gasteiger partial charge >= 0.3 is 54.4 Å². The lowest BCUT2D eigenvalue weighted by molar-refractivity contribution is -0.193. The molecule has 0 saturated heterocycles. The summed E-state index contributed by atoms with van der Waals surface area (Å²) in [7, 11) is 4.79. The smallest absolute Gasteiger partial charge is 0.478 e. The van der Waals surface area contributed by atoms with Gasteiger partial charge in [0.05, 0.1) is 127 Å². The Hall–Kier alpha value is -10.6. The van der Waals surface area contributed by atoms with Crippen LogP contribution < -0.4 is 27.4 Å². The minimum atomic E-state index is -5.77.